The van der Waals surface area contributed by atoms with Gasteiger partial charge in [-0.2, -0.15) is 0 Å². The molecular formula is C14H16ClNOS. The van der Waals surface area contributed by atoms with Crippen molar-refractivity contribution in [2.24, 2.45) is 5.73 Å². The zero-order valence-electron chi connectivity index (χ0n) is 10.7. The van der Waals surface area contributed by atoms with Crippen LogP contribution in [0.1, 0.15) is 27.6 Å². The van der Waals surface area contributed by atoms with Crippen LogP contribution >= 0.6 is 22.9 Å². The summed E-state index contributed by atoms with van der Waals surface area (Å²) in [6.07, 6.45) is 0. The lowest BCUT2D eigenvalue weighted by atomic mass is 10.00. The number of nitrogens with two attached hydrogens (primary N) is 1. The van der Waals surface area contributed by atoms with Gasteiger partial charge in [-0.1, -0.05) is 17.7 Å². The minimum Gasteiger partial charge on any atom is -0.496 e. The molecule has 0 aliphatic heterocycles. The number of thiophene rings is 1. The predicted molar refractivity (Wildman–Crippen MR) is 77.8 cm³/mol. The largest absolute Gasteiger partial charge is 0.496 e. The van der Waals surface area contributed by atoms with E-state index < -0.39 is 0 Å². The van der Waals surface area contributed by atoms with Crippen LogP contribution < -0.4 is 10.5 Å². The first-order chi connectivity index (χ1) is 8.54. The smallest absolute Gasteiger partial charge is 0.134 e. The molecule has 1 heterocycles. The van der Waals surface area contributed by atoms with Gasteiger partial charge in [0.25, 0.3) is 0 Å². The molecule has 96 valence electrons. The van der Waals surface area contributed by atoms with E-state index in [1.807, 2.05) is 24.4 Å². The summed E-state index contributed by atoms with van der Waals surface area (Å²) in [5.74, 6) is 0.821. The summed E-state index contributed by atoms with van der Waals surface area (Å²) in [5, 5.41) is 2.68. The highest BCUT2D eigenvalue weighted by Crippen LogP contribution is 2.36. The minimum absolute atomic E-state index is 0.244. The normalized spacial score (nSPS) is 12.5. The molecule has 4 heteroatoms. The second kappa shape index (κ2) is 5.31. The number of aryl methyl sites for hydroxylation is 2. The average molecular weight is 282 g/mol. The van der Waals surface area contributed by atoms with Crippen molar-refractivity contribution in [3.05, 3.63) is 50.2 Å². The first-order valence-corrected chi connectivity index (χ1v) is 6.94. The number of hydrogen-bond donors (Lipinski definition) is 1. The topological polar surface area (TPSA) is 35.2 Å². The highest BCUT2D eigenvalue weighted by molar-refractivity contribution is 7.10. The third-order valence-corrected chi connectivity index (χ3v) is 4.42. The van der Waals surface area contributed by atoms with E-state index in [0.29, 0.717) is 5.02 Å². The Morgan fingerprint density at radius 3 is 2.61 bits per heavy atom. The van der Waals surface area contributed by atoms with E-state index in [-0.39, 0.29) is 6.04 Å². The lowest BCUT2D eigenvalue weighted by molar-refractivity contribution is 0.411. The van der Waals surface area contributed by atoms with Gasteiger partial charge >= 0.3 is 0 Å². The highest BCUT2D eigenvalue weighted by Gasteiger charge is 2.18. The SMILES string of the molecule is COc1ccsc1C(N)c1cc(C)c(C)cc1Cl. The van der Waals surface area contributed by atoms with Gasteiger partial charge < -0.3 is 10.5 Å². The fraction of sp³-hybridized carbons (Fsp3) is 0.286. The van der Waals surface area contributed by atoms with Crippen LogP contribution in [0.25, 0.3) is 0 Å². The molecule has 0 aliphatic rings. The summed E-state index contributed by atoms with van der Waals surface area (Å²) in [4.78, 5) is 1.00. The van der Waals surface area contributed by atoms with Crippen molar-refractivity contribution >= 4 is 22.9 Å². The van der Waals surface area contributed by atoms with Gasteiger partial charge in [0.2, 0.25) is 0 Å². The average Bonchev–Trinajstić information content (AvgIpc) is 2.81. The first kappa shape index (κ1) is 13.4. The molecule has 18 heavy (non-hydrogen) atoms. The maximum atomic E-state index is 6.30. The summed E-state index contributed by atoms with van der Waals surface area (Å²) in [5.41, 5.74) is 9.62. The molecule has 2 aromatic rings. The van der Waals surface area contributed by atoms with Crippen molar-refractivity contribution in [3.63, 3.8) is 0 Å². The van der Waals surface area contributed by atoms with E-state index in [2.05, 4.69) is 13.0 Å². The van der Waals surface area contributed by atoms with E-state index in [1.54, 1.807) is 18.4 Å². The Hall–Kier alpha value is -1.03. The highest BCUT2D eigenvalue weighted by atomic mass is 35.5. The zero-order chi connectivity index (χ0) is 13.3. The molecule has 1 atom stereocenters. The Kier molecular flexibility index (Phi) is 3.95. The van der Waals surface area contributed by atoms with Crippen LogP contribution in [0.5, 0.6) is 5.75 Å². The lowest BCUT2D eigenvalue weighted by Gasteiger charge is -2.16. The summed E-state index contributed by atoms with van der Waals surface area (Å²) in [6, 6.07) is 5.70. The maximum absolute atomic E-state index is 6.30. The Bertz CT molecular complexity index is 565. The van der Waals surface area contributed by atoms with Gasteiger partial charge in [-0.3, -0.25) is 0 Å². The van der Waals surface area contributed by atoms with Crippen molar-refractivity contribution < 1.29 is 4.74 Å². The number of benzene rings is 1. The molecule has 1 aromatic carbocycles. The number of ether oxygens (including phenoxy) is 1. The molecule has 0 amide bonds. The molecule has 0 spiro atoms. The van der Waals surface area contributed by atoms with Gasteiger partial charge in [-0.15, -0.1) is 11.3 Å². The molecular weight excluding hydrogens is 266 g/mol. The van der Waals surface area contributed by atoms with Crippen molar-refractivity contribution in [1.29, 1.82) is 0 Å². The van der Waals surface area contributed by atoms with Crippen LogP contribution in [-0.4, -0.2) is 7.11 Å². The number of methoxy groups -OCH3 is 1. The van der Waals surface area contributed by atoms with Crippen LogP contribution in [0.2, 0.25) is 5.02 Å². The molecule has 0 saturated heterocycles. The van der Waals surface area contributed by atoms with Crippen LogP contribution in [0.4, 0.5) is 0 Å². The van der Waals surface area contributed by atoms with E-state index in [4.69, 9.17) is 22.1 Å². The Morgan fingerprint density at radius 1 is 1.28 bits per heavy atom. The van der Waals surface area contributed by atoms with Gasteiger partial charge in [0.1, 0.15) is 5.75 Å². The monoisotopic (exact) mass is 281 g/mol. The summed E-state index contributed by atoms with van der Waals surface area (Å²) in [7, 11) is 1.65. The quantitative estimate of drug-likeness (QED) is 0.920. The molecule has 2 N–H and O–H groups in total. The number of rotatable bonds is 3. The van der Waals surface area contributed by atoms with Gasteiger partial charge in [0, 0.05) is 5.02 Å². The predicted octanol–water partition coefficient (Wildman–Crippen LogP) is 4.08. The van der Waals surface area contributed by atoms with E-state index in [0.717, 1.165) is 16.2 Å². The van der Waals surface area contributed by atoms with Crippen LogP contribution in [0.3, 0.4) is 0 Å². The Balaban J connectivity index is 2.46. The van der Waals surface area contributed by atoms with E-state index in [9.17, 15) is 0 Å². The van der Waals surface area contributed by atoms with Gasteiger partial charge in [-0.05, 0) is 48.1 Å². The third kappa shape index (κ3) is 2.39. The zero-order valence-corrected chi connectivity index (χ0v) is 12.2. The van der Waals surface area contributed by atoms with Gasteiger partial charge in [-0.25, -0.2) is 0 Å². The number of hydrogen-bond acceptors (Lipinski definition) is 3. The molecule has 1 unspecified atom stereocenters. The fourth-order valence-corrected chi connectivity index (χ4v) is 3.10. The maximum Gasteiger partial charge on any atom is 0.134 e. The van der Waals surface area contributed by atoms with Crippen molar-refractivity contribution in [2.75, 3.05) is 7.11 Å². The summed E-state index contributed by atoms with van der Waals surface area (Å²) in [6.45, 7) is 4.11. The van der Waals surface area contributed by atoms with Gasteiger partial charge in [0.15, 0.2) is 0 Å². The molecule has 1 aromatic heterocycles. The van der Waals surface area contributed by atoms with E-state index >= 15 is 0 Å². The molecule has 0 radical (unpaired) electrons. The van der Waals surface area contributed by atoms with Gasteiger partial charge in [0.05, 0.1) is 18.0 Å². The van der Waals surface area contributed by atoms with Crippen LogP contribution in [-0.2, 0) is 0 Å². The van der Waals surface area contributed by atoms with Crippen LogP contribution in [0, 0.1) is 13.8 Å². The van der Waals surface area contributed by atoms with Crippen molar-refractivity contribution in [2.45, 2.75) is 19.9 Å². The standard InChI is InChI=1S/C14H16ClNOS/c1-8-6-10(11(15)7-9(8)2)13(16)14-12(17-3)4-5-18-14/h4-7,13H,16H2,1-3H3. The third-order valence-electron chi connectivity index (χ3n) is 3.11. The summed E-state index contributed by atoms with van der Waals surface area (Å²) >= 11 is 7.88. The van der Waals surface area contributed by atoms with Crippen LogP contribution in [0.15, 0.2) is 23.6 Å². The summed E-state index contributed by atoms with van der Waals surface area (Å²) < 4.78 is 5.31. The first-order valence-electron chi connectivity index (χ1n) is 5.68. The Morgan fingerprint density at radius 2 is 1.94 bits per heavy atom. The molecule has 2 rings (SSSR count). The molecule has 0 bridgehead atoms. The molecule has 0 aliphatic carbocycles. The minimum atomic E-state index is -0.244. The van der Waals surface area contributed by atoms with Crippen molar-refractivity contribution in [1.82, 2.24) is 0 Å². The molecule has 0 saturated carbocycles. The van der Waals surface area contributed by atoms with Crippen molar-refractivity contribution in [3.8, 4) is 5.75 Å². The second-order valence-corrected chi connectivity index (χ2v) is 5.64. The lowest BCUT2D eigenvalue weighted by Crippen LogP contribution is -2.12. The second-order valence-electron chi connectivity index (χ2n) is 4.29. The molecule has 2 nitrogen and oxygen atoms in total. The molecule has 0 fully saturated rings. The Labute approximate surface area is 116 Å². The fourth-order valence-electron chi connectivity index (χ4n) is 1.89. The van der Waals surface area contributed by atoms with E-state index in [1.165, 1.54) is 11.1 Å². The number of halogens is 1.